The van der Waals surface area contributed by atoms with Gasteiger partial charge in [0.2, 0.25) is 0 Å². The molecule has 0 radical (unpaired) electrons. The number of benzene rings is 1. The predicted molar refractivity (Wildman–Crippen MR) is 102 cm³/mol. The number of nitrogens with one attached hydrogen (secondary N) is 2. The number of ether oxygens (including phenoxy) is 1. The molecule has 2 aromatic rings. The first kappa shape index (κ1) is 18.7. The lowest BCUT2D eigenvalue weighted by Crippen LogP contribution is -2.27. The average Bonchev–Trinajstić information content (AvgIpc) is 3.10. The lowest BCUT2D eigenvalue weighted by Gasteiger charge is -2.17. The Hall–Kier alpha value is -3.09. The number of amides is 2. The van der Waals surface area contributed by atoms with Gasteiger partial charge in [-0.2, -0.15) is 0 Å². The van der Waals surface area contributed by atoms with Gasteiger partial charge in [0.25, 0.3) is 11.8 Å². The van der Waals surface area contributed by atoms with E-state index in [1.54, 1.807) is 13.2 Å². The number of carbonyl (C=O) groups excluding carboxylic acids is 2. The zero-order valence-electron chi connectivity index (χ0n) is 15.5. The van der Waals surface area contributed by atoms with Crippen molar-refractivity contribution >= 4 is 11.8 Å². The van der Waals surface area contributed by atoms with Crippen molar-refractivity contribution in [2.45, 2.75) is 32.4 Å². The molecule has 0 atom stereocenters. The molecule has 2 N–H and O–H groups in total. The van der Waals surface area contributed by atoms with Crippen LogP contribution in [0.15, 0.2) is 36.9 Å². The highest BCUT2D eigenvalue weighted by Crippen LogP contribution is 2.21. The summed E-state index contributed by atoms with van der Waals surface area (Å²) < 4.78 is 7.01. The normalized spacial score (nSPS) is 12.8. The largest absolute Gasteiger partial charge is 0.497 e. The fourth-order valence-corrected chi connectivity index (χ4v) is 3.15. The fourth-order valence-electron chi connectivity index (χ4n) is 3.15. The fraction of sp³-hybridized carbons (Fsp3) is 0.350. The van der Waals surface area contributed by atoms with E-state index < -0.39 is 0 Å². The summed E-state index contributed by atoms with van der Waals surface area (Å²) in [5.74, 6) is 0.510. The highest BCUT2D eigenvalue weighted by molar-refractivity contribution is 5.97. The van der Waals surface area contributed by atoms with Crippen LogP contribution >= 0.6 is 0 Å². The van der Waals surface area contributed by atoms with Crippen LogP contribution < -0.4 is 15.4 Å². The molecule has 0 unspecified atom stereocenters. The maximum atomic E-state index is 12.7. The van der Waals surface area contributed by atoms with Gasteiger partial charge in [0.1, 0.15) is 11.4 Å². The SMILES string of the molecule is C=CCNC(=O)c1nc(C(=O)NCc2ccc(OC)cc2)n2c1CCCC2. The van der Waals surface area contributed by atoms with Crippen LogP contribution in [-0.4, -0.2) is 35.0 Å². The predicted octanol–water partition coefficient (Wildman–Crippen LogP) is 2.07. The summed E-state index contributed by atoms with van der Waals surface area (Å²) in [6.07, 6.45) is 4.31. The minimum absolute atomic E-state index is 0.269. The third-order valence-electron chi connectivity index (χ3n) is 4.56. The van der Waals surface area contributed by atoms with Crippen molar-refractivity contribution in [3.8, 4) is 5.75 Å². The Morgan fingerprint density at radius 2 is 2.00 bits per heavy atom. The quantitative estimate of drug-likeness (QED) is 0.733. The van der Waals surface area contributed by atoms with Crippen LogP contribution in [0.25, 0.3) is 0 Å². The maximum absolute atomic E-state index is 12.7. The molecule has 0 bridgehead atoms. The van der Waals surface area contributed by atoms with Crippen molar-refractivity contribution < 1.29 is 14.3 Å². The molecule has 1 aliphatic heterocycles. The Morgan fingerprint density at radius 1 is 1.22 bits per heavy atom. The molecule has 2 heterocycles. The van der Waals surface area contributed by atoms with Gasteiger partial charge >= 0.3 is 0 Å². The number of fused-ring (bicyclic) bond motifs is 1. The van der Waals surface area contributed by atoms with Crippen molar-refractivity contribution in [3.05, 3.63) is 59.7 Å². The first-order valence-electron chi connectivity index (χ1n) is 9.03. The average molecular weight is 368 g/mol. The van der Waals surface area contributed by atoms with Crippen LogP contribution in [0.3, 0.4) is 0 Å². The van der Waals surface area contributed by atoms with Gasteiger partial charge in [-0.15, -0.1) is 6.58 Å². The van der Waals surface area contributed by atoms with E-state index in [1.807, 2.05) is 28.8 Å². The molecule has 7 nitrogen and oxygen atoms in total. The molecule has 0 saturated carbocycles. The van der Waals surface area contributed by atoms with Crippen molar-refractivity contribution in [2.24, 2.45) is 0 Å². The van der Waals surface area contributed by atoms with E-state index in [2.05, 4.69) is 22.2 Å². The summed E-state index contributed by atoms with van der Waals surface area (Å²) in [6.45, 7) is 5.04. The number of imidazole rings is 1. The molecule has 1 aromatic carbocycles. The minimum atomic E-state index is -0.281. The van der Waals surface area contributed by atoms with Crippen molar-refractivity contribution in [1.82, 2.24) is 20.2 Å². The van der Waals surface area contributed by atoms with Gasteiger partial charge in [0.15, 0.2) is 5.82 Å². The Bertz CT molecular complexity index is 840. The maximum Gasteiger partial charge on any atom is 0.287 e. The third-order valence-corrected chi connectivity index (χ3v) is 4.56. The van der Waals surface area contributed by atoms with Gasteiger partial charge in [0, 0.05) is 19.6 Å². The zero-order chi connectivity index (χ0) is 19.2. The van der Waals surface area contributed by atoms with E-state index in [0.29, 0.717) is 31.2 Å². The van der Waals surface area contributed by atoms with Crippen molar-refractivity contribution in [1.29, 1.82) is 0 Å². The second-order valence-electron chi connectivity index (χ2n) is 6.37. The van der Waals surface area contributed by atoms with Gasteiger partial charge in [-0.3, -0.25) is 9.59 Å². The van der Waals surface area contributed by atoms with Crippen LogP contribution in [-0.2, 0) is 19.5 Å². The number of methoxy groups -OCH3 is 1. The molecule has 1 aromatic heterocycles. The smallest absolute Gasteiger partial charge is 0.287 e. The van der Waals surface area contributed by atoms with E-state index in [4.69, 9.17) is 4.74 Å². The molecule has 2 amide bonds. The summed E-state index contributed by atoms with van der Waals surface area (Å²) in [5, 5.41) is 5.63. The first-order chi connectivity index (χ1) is 13.1. The summed E-state index contributed by atoms with van der Waals surface area (Å²) >= 11 is 0. The van der Waals surface area contributed by atoms with E-state index in [9.17, 15) is 9.59 Å². The van der Waals surface area contributed by atoms with Gasteiger partial charge < -0.3 is 19.9 Å². The Kier molecular flexibility index (Phi) is 5.90. The summed E-state index contributed by atoms with van der Waals surface area (Å²) in [5.41, 5.74) is 2.13. The van der Waals surface area contributed by atoms with E-state index in [-0.39, 0.29) is 11.8 Å². The van der Waals surface area contributed by atoms with E-state index in [0.717, 1.165) is 36.3 Å². The lowest BCUT2D eigenvalue weighted by atomic mass is 10.1. The van der Waals surface area contributed by atoms with Crippen LogP contribution in [0, 0.1) is 0 Å². The molecular formula is C20H24N4O3. The second-order valence-corrected chi connectivity index (χ2v) is 6.37. The van der Waals surface area contributed by atoms with Crippen LogP contribution in [0.4, 0.5) is 0 Å². The highest BCUT2D eigenvalue weighted by atomic mass is 16.5. The summed E-state index contributed by atoms with van der Waals surface area (Å²) in [4.78, 5) is 29.4. The lowest BCUT2D eigenvalue weighted by molar-refractivity contribution is 0.0935. The number of rotatable bonds is 7. The number of carbonyl (C=O) groups is 2. The molecule has 7 heteroatoms. The molecule has 3 rings (SSSR count). The molecule has 27 heavy (non-hydrogen) atoms. The Morgan fingerprint density at radius 3 is 2.70 bits per heavy atom. The molecule has 0 spiro atoms. The van der Waals surface area contributed by atoms with Gasteiger partial charge in [-0.1, -0.05) is 18.2 Å². The Balaban J connectivity index is 1.76. The molecule has 0 saturated heterocycles. The number of hydrogen-bond acceptors (Lipinski definition) is 4. The summed E-state index contributed by atoms with van der Waals surface area (Å²) in [6, 6.07) is 7.49. The molecule has 1 aliphatic rings. The van der Waals surface area contributed by atoms with Crippen LogP contribution in [0.2, 0.25) is 0 Å². The Labute approximate surface area is 158 Å². The second kappa shape index (κ2) is 8.53. The van der Waals surface area contributed by atoms with Gasteiger partial charge in [-0.05, 0) is 37.0 Å². The molecular weight excluding hydrogens is 344 g/mol. The van der Waals surface area contributed by atoms with Gasteiger partial charge in [0.05, 0.1) is 12.8 Å². The van der Waals surface area contributed by atoms with Crippen LogP contribution in [0.1, 0.15) is 45.2 Å². The van der Waals surface area contributed by atoms with Crippen molar-refractivity contribution in [2.75, 3.05) is 13.7 Å². The first-order valence-corrected chi connectivity index (χ1v) is 9.03. The molecule has 0 aliphatic carbocycles. The number of nitrogens with zero attached hydrogens (tertiary/aromatic N) is 2. The highest BCUT2D eigenvalue weighted by Gasteiger charge is 2.27. The molecule has 142 valence electrons. The third kappa shape index (κ3) is 4.19. The zero-order valence-corrected chi connectivity index (χ0v) is 15.5. The van der Waals surface area contributed by atoms with Crippen LogP contribution in [0.5, 0.6) is 5.75 Å². The van der Waals surface area contributed by atoms with E-state index in [1.165, 1.54) is 0 Å². The number of hydrogen-bond donors (Lipinski definition) is 2. The van der Waals surface area contributed by atoms with Gasteiger partial charge in [-0.25, -0.2) is 4.98 Å². The number of aromatic nitrogens is 2. The standard InChI is InChI=1S/C20H24N4O3/c1-3-11-21-19(25)17-16-6-4-5-12-24(16)18(23-17)20(26)22-13-14-7-9-15(27-2)10-8-14/h3,7-10H,1,4-6,11-13H2,2H3,(H,21,25)(H,22,26). The topological polar surface area (TPSA) is 85.2 Å². The van der Waals surface area contributed by atoms with E-state index >= 15 is 0 Å². The molecule has 0 fully saturated rings. The monoisotopic (exact) mass is 368 g/mol. The van der Waals surface area contributed by atoms with Crippen molar-refractivity contribution in [3.63, 3.8) is 0 Å². The minimum Gasteiger partial charge on any atom is -0.497 e. The summed E-state index contributed by atoms with van der Waals surface area (Å²) in [7, 11) is 1.61.